The van der Waals surface area contributed by atoms with Gasteiger partial charge in [0.2, 0.25) is 0 Å². The van der Waals surface area contributed by atoms with Crippen LogP contribution in [0.5, 0.6) is 0 Å². The highest BCUT2D eigenvalue weighted by atomic mass is 32.2. The highest BCUT2D eigenvalue weighted by Crippen LogP contribution is 2.27. The fraction of sp³-hybridized carbons (Fsp3) is 0.208. The summed E-state index contributed by atoms with van der Waals surface area (Å²) in [5.74, 6) is 1.30. The van der Waals surface area contributed by atoms with Crippen LogP contribution in [-0.4, -0.2) is 20.8 Å². The van der Waals surface area contributed by atoms with E-state index in [1.807, 2.05) is 86.1 Å². The number of nitrogens with zero attached hydrogens (tertiary/aromatic N) is 3. The van der Waals surface area contributed by atoms with E-state index >= 15 is 0 Å². The topological polar surface area (TPSA) is 73.0 Å². The van der Waals surface area contributed by atoms with Crippen molar-refractivity contribution in [3.05, 3.63) is 94.6 Å². The molecule has 1 amide bonds. The molecule has 0 aliphatic heterocycles. The molecule has 4 aromatic rings. The molecular formula is C24H24N4O2S. The van der Waals surface area contributed by atoms with Crippen molar-refractivity contribution in [1.82, 2.24) is 20.3 Å². The zero-order chi connectivity index (χ0) is 21.8. The molecule has 7 heteroatoms. The van der Waals surface area contributed by atoms with E-state index in [-0.39, 0.29) is 5.91 Å². The molecule has 158 valence electrons. The van der Waals surface area contributed by atoms with E-state index in [9.17, 15) is 4.79 Å². The van der Waals surface area contributed by atoms with E-state index in [0.717, 1.165) is 39.0 Å². The first-order chi connectivity index (χ1) is 15.0. The van der Waals surface area contributed by atoms with Gasteiger partial charge in [-0.1, -0.05) is 35.5 Å². The number of benzene rings is 2. The van der Waals surface area contributed by atoms with Crippen LogP contribution in [-0.2, 0) is 12.3 Å². The lowest BCUT2D eigenvalue weighted by molar-refractivity contribution is 0.0948. The fourth-order valence-electron chi connectivity index (χ4n) is 3.43. The van der Waals surface area contributed by atoms with Crippen molar-refractivity contribution >= 4 is 17.7 Å². The minimum Gasteiger partial charge on any atom is -0.360 e. The maximum atomic E-state index is 13.0. The first-order valence-electron chi connectivity index (χ1n) is 10.1. The summed E-state index contributed by atoms with van der Waals surface area (Å²) in [6.45, 7) is 6.31. The highest BCUT2D eigenvalue weighted by molar-refractivity contribution is 7.98. The molecule has 31 heavy (non-hydrogen) atoms. The highest BCUT2D eigenvalue weighted by Gasteiger charge is 2.16. The lowest BCUT2D eigenvalue weighted by atomic mass is 10.1. The van der Waals surface area contributed by atoms with Gasteiger partial charge in [-0.15, -0.1) is 11.8 Å². The third-order valence-corrected chi connectivity index (χ3v) is 6.14. The van der Waals surface area contributed by atoms with Crippen LogP contribution in [0.25, 0.3) is 5.69 Å². The van der Waals surface area contributed by atoms with Gasteiger partial charge < -0.3 is 9.84 Å². The summed E-state index contributed by atoms with van der Waals surface area (Å²) in [4.78, 5) is 13.9. The summed E-state index contributed by atoms with van der Waals surface area (Å²) in [5, 5.41) is 11.6. The van der Waals surface area contributed by atoms with Crippen LogP contribution in [0.3, 0.4) is 0 Å². The van der Waals surface area contributed by atoms with Crippen molar-refractivity contribution in [2.45, 2.75) is 38.0 Å². The molecule has 6 nitrogen and oxygen atoms in total. The number of carbonyl (C=O) groups excluding carboxylic acids is 1. The summed E-state index contributed by atoms with van der Waals surface area (Å²) in [7, 11) is 0. The minimum atomic E-state index is -0.108. The van der Waals surface area contributed by atoms with Crippen LogP contribution >= 0.6 is 11.8 Å². The molecule has 0 spiro atoms. The Morgan fingerprint density at radius 2 is 1.81 bits per heavy atom. The Balaban J connectivity index is 1.47. The van der Waals surface area contributed by atoms with Gasteiger partial charge in [-0.3, -0.25) is 4.79 Å². The van der Waals surface area contributed by atoms with E-state index in [2.05, 4.69) is 15.6 Å². The van der Waals surface area contributed by atoms with E-state index in [0.29, 0.717) is 17.9 Å². The molecule has 1 N–H and O–H groups in total. The molecule has 0 aliphatic carbocycles. The predicted molar refractivity (Wildman–Crippen MR) is 121 cm³/mol. The van der Waals surface area contributed by atoms with Gasteiger partial charge in [0.15, 0.2) is 0 Å². The van der Waals surface area contributed by atoms with E-state index in [4.69, 9.17) is 4.52 Å². The standard InChI is InChI=1S/C24H24N4O2S/c1-16-13-20(30-27-16)15-31-23-12-8-7-11-21(23)24(29)25-14-22-17(2)26-28(18(22)3)19-9-5-4-6-10-19/h4-13H,14-15H2,1-3H3,(H,25,29). The molecule has 0 bridgehead atoms. The van der Waals surface area contributed by atoms with Gasteiger partial charge in [-0.25, -0.2) is 4.68 Å². The number of rotatable bonds is 7. The van der Waals surface area contributed by atoms with Crippen molar-refractivity contribution in [3.63, 3.8) is 0 Å². The number of amides is 1. The summed E-state index contributed by atoms with van der Waals surface area (Å²) in [5.41, 5.74) is 5.46. The number of hydrogen-bond acceptors (Lipinski definition) is 5. The largest absolute Gasteiger partial charge is 0.360 e. The molecule has 4 rings (SSSR count). The molecular weight excluding hydrogens is 408 g/mol. The molecule has 0 fully saturated rings. The number of nitrogens with one attached hydrogen (secondary N) is 1. The van der Waals surface area contributed by atoms with E-state index in [1.165, 1.54) is 0 Å². The third kappa shape index (κ3) is 4.72. The van der Waals surface area contributed by atoms with Crippen molar-refractivity contribution in [2.75, 3.05) is 0 Å². The molecule has 0 saturated carbocycles. The third-order valence-electron chi connectivity index (χ3n) is 5.05. The Labute approximate surface area is 185 Å². The number of thioether (sulfide) groups is 1. The Kier molecular flexibility index (Phi) is 6.23. The van der Waals surface area contributed by atoms with Crippen molar-refractivity contribution in [2.24, 2.45) is 0 Å². The zero-order valence-corrected chi connectivity index (χ0v) is 18.6. The summed E-state index contributed by atoms with van der Waals surface area (Å²) in [6, 6.07) is 19.5. The number of hydrogen-bond donors (Lipinski definition) is 1. The van der Waals surface area contributed by atoms with Crippen LogP contribution in [0.15, 0.2) is 70.1 Å². The predicted octanol–water partition coefficient (Wildman–Crippen LogP) is 5.01. The second-order valence-electron chi connectivity index (χ2n) is 7.30. The SMILES string of the molecule is Cc1cc(CSc2ccccc2C(=O)NCc2c(C)nn(-c3ccccc3)c2C)on1. The maximum Gasteiger partial charge on any atom is 0.252 e. The molecule has 0 unspecified atom stereocenters. The lowest BCUT2D eigenvalue weighted by Crippen LogP contribution is -2.24. The van der Waals surface area contributed by atoms with Gasteiger partial charge in [-0.05, 0) is 45.0 Å². The average Bonchev–Trinajstić information content (AvgIpc) is 3.33. The van der Waals surface area contributed by atoms with Crippen molar-refractivity contribution in [1.29, 1.82) is 0 Å². The number of aromatic nitrogens is 3. The van der Waals surface area contributed by atoms with E-state index < -0.39 is 0 Å². The minimum absolute atomic E-state index is 0.108. The number of carbonyl (C=O) groups is 1. The van der Waals surface area contributed by atoms with Crippen LogP contribution in [0, 0.1) is 20.8 Å². The van der Waals surface area contributed by atoms with Crippen LogP contribution < -0.4 is 5.32 Å². The molecule has 0 atom stereocenters. The maximum absolute atomic E-state index is 13.0. The Bertz CT molecular complexity index is 1200. The molecule has 0 radical (unpaired) electrons. The van der Waals surface area contributed by atoms with Crippen molar-refractivity contribution in [3.8, 4) is 5.69 Å². The Hall–Kier alpha value is -3.32. The summed E-state index contributed by atoms with van der Waals surface area (Å²) >= 11 is 1.56. The van der Waals surface area contributed by atoms with Crippen LogP contribution in [0.2, 0.25) is 0 Å². The smallest absolute Gasteiger partial charge is 0.252 e. The first-order valence-corrected chi connectivity index (χ1v) is 11.0. The van der Waals surface area contributed by atoms with Gasteiger partial charge in [0.05, 0.1) is 28.4 Å². The van der Waals surface area contributed by atoms with Gasteiger partial charge in [-0.2, -0.15) is 5.10 Å². The average molecular weight is 433 g/mol. The fourth-order valence-corrected chi connectivity index (χ4v) is 4.35. The Morgan fingerprint density at radius 3 is 2.55 bits per heavy atom. The molecule has 0 saturated heterocycles. The molecule has 2 aromatic carbocycles. The Morgan fingerprint density at radius 1 is 1.06 bits per heavy atom. The second kappa shape index (κ2) is 9.22. The molecule has 2 aromatic heterocycles. The monoisotopic (exact) mass is 432 g/mol. The zero-order valence-electron chi connectivity index (χ0n) is 17.8. The van der Waals surface area contributed by atoms with Crippen molar-refractivity contribution < 1.29 is 9.32 Å². The number of aryl methyl sites for hydroxylation is 2. The van der Waals surface area contributed by atoms with Gasteiger partial charge in [0.25, 0.3) is 5.91 Å². The molecule has 0 aliphatic rings. The van der Waals surface area contributed by atoms with Crippen LogP contribution in [0.4, 0.5) is 0 Å². The summed E-state index contributed by atoms with van der Waals surface area (Å²) in [6.07, 6.45) is 0. The molecule has 2 heterocycles. The second-order valence-corrected chi connectivity index (χ2v) is 8.32. The normalized spacial score (nSPS) is 10.9. The van der Waals surface area contributed by atoms with Gasteiger partial charge >= 0.3 is 0 Å². The van der Waals surface area contributed by atoms with E-state index in [1.54, 1.807) is 11.8 Å². The summed E-state index contributed by atoms with van der Waals surface area (Å²) < 4.78 is 7.19. The number of para-hydroxylation sites is 1. The van der Waals surface area contributed by atoms with Gasteiger partial charge in [0.1, 0.15) is 5.76 Å². The quantitative estimate of drug-likeness (QED) is 0.416. The lowest BCUT2D eigenvalue weighted by Gasteiger charge is -2.10. The van der Waals surface area contributed by atoms with Crippen LogP contribution in [0.1, 0.15) is 38.8 Å². The first kappa shape index (κ1) is 20.9. The van der Waals surface area contributed by atoms with Gasteiger partial charge in [0, 0.05) is 28.8 Å².